The first kappa shape index (κ1) is 12.5. The Hall–Kier alpha value is -1.00. The van der Waals surface area contributed by atoms with Gasteiger partial charge in [0.15, 0.2) is 5.78 Å². The highest BCUT2D eigenvalue weighted by molar-refractivity contribution is 5.86. The van der Waals surface area contributed by atoms with Crippen LogP contribution in [0.25, 0.3) is 0 Å². The van der Waals surface area contributed by atoms with Crippen LogP contribution in [0.1, 0.15) is 6.92 Å². The normalized spacial score (nSPS) is 33.6. The highest BCUT2D eigenvalue weighted by Gasteiger charge is 2.48. The molecule has 2 fully saturated rings. The Kier molecular flexibility index (Phi) is 3.45. The first-order valence-corrected chi connectivity index (χ1v) is 5.64. The number of carbonyl (C=O) groups excluding carboxylic acids is 1. The van der Waals surface area contributed by atoms with Crippen LogP contribution in [-0.2, 0) is 19.0 Å². The monoisotopic (exact) mass is 240 g/mol. The molecule has 0 saturated carbocycles. The lowest BCUT2D eigenvalue weighted by molar-refractivity contribution is -0.400. The average molecular weight is 240 g/mol. The van der Waals surface area contributed by atoms with Crippen LogP contribution in [0, 0.1) is 23.2 Å². The van der Waals surface area contributed by atoms with E-state index < -0.39 is 12.0 Å². The first-order valence-electron chi connectivity index (χ1n) is 5.64. The van der Waals surface area contributed by atoms with Crippen molar-refractivity contribution in [2.75, 3.05) is 33.4 Å². The van der Waals surface area contributed by atoms with E-state index in [0.717, 1.165) is 0 Å². The van der Waals surface area contributed by atoms with Crippen molar-refractivity contribution >= 4 is 5.78 Å². The molecule has 2 unspecified atom stereocenters. The molecule has 0 N–H and O–H groups in total. The maximum Gasteiger partial charge on any atom is 0.353 e. The van der Waals surface area contributed by atoms with E-state index in [1.54, 1.807) is 11.8 Å². The quantitative estimate of drug-likeness (QED) is 0.674. The number of carbonyl (C=O) groups is 1. The van der Waals surface area contributed by atoms with Gasteiger partial charge >= 0.3 is 6.10 Å². The molecule has 17 heavy (non-hydrogen) atoms. The molecule has 0 aliphatic carbocycles. The lowest BCUT2D eigenvalue weighted by atomic mass is 9.90. The first-order chi connectivity index (χ1) is 8.13. The summed E-state index contributed by atoms with van der Waals surface area (Å²) in [6, 6.07) is 2.02. The molecule has 2 rings (SSSR count). The molecule has 6 nitrogen and oxygen atoms in total. The molecule has 2 heterocycles. The van der Waals surface area contributed by atoms with E-state index in [1.165, 1.54) is 7.11 Å². The molecule has 2 aliphatic heterocycles. The third-order valence-corrected chi connectivity index (χ3v) is 3.18. The fourth-order valence-electron chi connectivity index (χ4n) is 2.29. The number of ether oxygens (including phenoxy) is 3. The fourth-order valence-corrected chi connectivity index (χ4v) is 2.29. The Morgan fingerprint density at radius 2 is 2.12 bits per heavy atom. The van der Waals surface area contributed by atoms with E-state index >= 15 is 0 Å². The smallest absolute Gasteiger partial charge is 0.317 e. The second kappa shape index (κ2) is 4.70. The van der Waals surface area contributed by atoms with Crippen LogP contribution in [0.15, 0.2) is 0 Å². The Morgan fingerprint density at radius 3 is 2.65 bits per heavy atom. The van der Waals surface area contributed by atoms with E-state index in [4.69, 9.17) is 19.5 Å². The molecule has 2 aliphatic rings. The lowest BCUT2D eigenvalue weighted by Gasteiger charge is -2.41. The van der Waals surface area contributed by atoms with Gasteiger partial charge in [-0.1, -0.05) is 6.92 Å². The van der Waals surface area contributed by atoms with Crippen LogP contribution >= 0.6 is 0 Å². The average Bonchev–Trinajstić information content (AvgIpc) is 2.82. The molecule has 2 saturated heterocycles. The summed E-state index contributed by atoms with van der Waals surface area (Å²) >= 11 is 0. The number of nitrogens with zero attached hydrogens (tertiary/aromatic N) is 2. The van der Waals surface area contributed by atoms with Gasteiger partial charge in [0.2, 0.25) is 0 Å². The fraction of sp³-hybridized carbons (Fsp3) is 0.818. The molecular formula is C11H16N2O4. The minimum absolute atomic E-state index is 0.0204. The van der Waals surface area contributed by atoms with Gasteiger partial charge in [-0.3, -0.25) is 4.79 Å². The largest absolute Gasteiger partial charge is 0.353 e. The zero-order valence-electron chi connectivity index (χ0n) is 10.0. The maximum atomic E-state index is 11.7. The van der Waals surface area contributed by atoms with Crippen LogP contribution in [0.3, 0.4) is 0 Å². The number of rotatable bonds is 2. The molecule has 0 aromatic heterocycles. The number of methoxy groups -OCH3 is 1. The van der Waals surface area contributed by atoms with Gasteiger partial charge in [-0.2, -0.15) is 5.26 Å². The minimum Gasteiger partial charge on any atom is -0.317 e. The van der Waals surface area contributed by atoms with Gasteiger partial charge in [0.25, 0.3) is 0 Å². The number of Topliss-reactive ketones (excluding diaryl/α,β-unsaturated/α-hetero) is 1. The van der Waals surface area contributed by atoms with Gasteiger partial charge in [-0.05, 0) is 0 Å². The Balaban J connectivity index is 2.17. The van der Waals surface area contributed by atoms with Crippen molar-refractivity contribution in [1.82, 2.24) is 4.90 Å². The molecule has 0 aromatic rings. The third-order valence-electron chi connectivity index (χ3n) is 3.18. The molecule has 0 radical (unpaired) electrons. The minimum atomic E-state index is -1.22. The van der Waals surface area contributed by atoms with E-state index in [2.05, 4.69) is 0 Å². The van der Waals surface area contributed by atoms with Crippen LogP contribution in [0.2, 0.25) is 0 Å². The van der Waals surface area contributed by atoms with Crippen molar-refractivity contribution in [3.05, 3.63) is 0 Å². The number of nitriles is 1. The molecule has 0 amide bonds. The number of hydrogen-bond acceptors (Lipinski definition) is 6. The summed E-state index contributed by atoms with van der Waals surface area (Å²) in [5, 5.41) is 8.98. The number of ketones is 1. The molecule has 94 valence electrons. The van der Waals surface area contributed by atoms with Crippen molar-refractivity contribution in [3.8, 4) is 6.07 Å². The molecular weight excluding hydrogens is 224 g/mol. The third kappa shape index (κ3) is 2.07. The molecule has 2 atom stereocenters. The van der Waals surface area contributed by atoms with Gasteiger partial charge in [0, 0.05) is 26.1 Å². The SMILES string of the molecule is COC1(N2CC(C)C(=O)C(C#N)C2)OCCO1. The zero-order chi connectivity index (χ0) is 12.5. The summed E-state index contributed by atoms with van der Waals surface area (Å²) in [6.45, 7) is 3.46. The predicted octanol–water partition coefficient (Wildman–Crippen LogP) is -0.0485. The highest BCUT2D eigenvalue weighted by Crippen LogP contribution is 2.30. The standard InChI is InChI=1S/C11H16N2O4/c1-8-6-13(7-9(5-12)10(8)14)11(15-2)16-3-4-17-11/h8-9H,3-4,6-7H2,1-2H3. The van der Waals surface area contributed by atoms with Gasteiger partial charge in [0.05, 0.1) is 19.3 Å². The summed E-state index contributed by atoms with van der Waals surface area (Å²) in [5.41, 5.74) is 0. The summed E-state index contributed by atoms with van der Waals surface area (Å²) in [6.07, 6.45) is -1.22. The maximum absolute atomic E-state index is 11.7. The van der Waals surface area contributed by atoms with E-state index in [0.29, 0.717) is 19.8 Å². The predicted molar refractivity (Wildman–Crippen MR) is 56.5 cm³/mol. The summed E-state index contributed by atoms with van der Waals surface area (Å²) in [7, 11) is 1.49. The van der Waals surface area contributed by atoms with Crippen LogP contribution < -0.4 is 0 Å². The van der Waals surface area contributed by atoms with Crippen molar-refractivity contribution in [3.63, 3.8) is 0 Å². The van der Waals surface area contributed by atoms with Crippen LogP contribution in [0.5, 0.6) is 0 Å². The van der Waals surface area contributed by atoms with E-state index in [-0.39, 0.29) is 18.2 Å². The van der Waals surface area contributed by atoms with E-state index in [1.807, 2.05) is 6.07 Å². The lowest BCUT2D eigenvalue weighted by Crippen LogP contribution is -2.58. The van der Waals surface area contributed by atoms with Crippen LogP contribution in [-0.4, -0.2) is 50.2 Å². The van der Waals surface area contributed by atoms with Crippen molar-refractivity contribution < 1.29 is 19.0 Å². The number of piperidine rings is 1. The number of likely N-dealkylation sites (tertiary alicyclic amines) is 1. The Bertz CT molecular complexity index is 346. The molecule has 0 bridgehead atoms. The summed E-state index contributed by atoms with van der Waals surface area (Å²) < 4.78 is 16.2. The van der Waals surface area contributed by atoms with Crippen LogP contribution in [0.4, 0.5) is 0 Å². The summed E-state index contributed by atoms with van der Waals surface area (Å²) in [5.74, 6) is -0.875. The van der Waals surface area contributed by atoms with Crippen molar-refractivity contribution in [2.45, 2.75) is 13.0 Å². The van der Waals surface area contributed by atoms with Gasteiger partial charge in [-0.25, -0.2) is 4.90 Å². The Labute approximate surface area is 100 Å². The second-order valence-corrected chi connectivity index (χ2v) is 4.31. The Morgan fingerprint density at radius 1 is 1.47 bits per heavy atom. The van der Waals surface area contributed by atoms with Crippen molar-refractivity contribution in [2.24, 2.45) is 11.8 Å². The highest BCUT2D eigenvalue weighted by atomic mass is 16.9. The van der Waals surface area contributed by atoms with Gasteiger partial charge < -0.3 is 14.2 Å². The molecule has 6 heteroatoms. The van der Waals surface area contributed by atoms with Gasteiger partial charge in [-0.15, -0.1) is 0 Å². The second-order valence-electron chi connectivity index (χ2n) is 4.31. The zero-order valence-corrected chi connectivity index (χ0v) is 10.0. The van der Waals surface area contributed by atoms with Crippen molar-refractivity contribution in [1.29, 1.82) is 5.26 Å². The summed E-state index contributed by atoms with van der Waals surface area (Å²) in [4.78, 5) is 13.5. The van der Waals surface area contributed by atoms with E-state index in [9.17, 15) is 4.79 Å². The molecule has 0 spiro atoms. The number of hydrogen-bond donors (Lipinski definition) is 0. The van der Waals surface area contributed by atoms with Gasteiger partial charge in [0.1, 0.15) is 5.92 Å². The molecule has 0 aromatic carbocycles. The topological polar surface area (TPSA) is 71.8 Å².